The summed E-state index contributed by atoms with van der Waals surface area (Å²) < 4.78 is 6.03. The summed E-state index contributed by atoms with van der Waals surface area (Å²) in [6, 6.07) is 6.13. The zero-order valence-electron chi connectivity index (χ0n) is 14.7. The SMILES string of the molecule is Cc1ccc(OC(C)C)c(N2C(N)=NC(N)=NC23CCCCC3)c1. The molecule has 1 aliphatic heterocycles. The van der Waals surface area contributed by atoms with Gasteiger partial charge in [-0.3, -0.25) is 4.90 Å². The van der Waals surface area contributed by atoms with Crippen LogP contribution in [0.3, 0.4) is 0 Å². The molecular weight excluding hydrogens is 302 g/mol. The van der Waals surface area contributed by atoms with Crippen molar-refractivity contribution in [1.29, 1.82) is 0 Å². The van der Waals surface area contributed by atoms with Crippen LogP contribution in [-0.4, -0.2) is 23.7 Å². The normalized spacial score (nSPS) is 20.1. The number of aliphatic imine (C=N–C) groups is 2. The van der Waals surface area contributed by atoms with Crippen molar-refractivity contribution in [2.45, 2.75) is 64.6 Å². The lowest BCUT2D eigenvalue weighted by Gasteiger charge is -2.46. The maximum absolute atomic E-state index is 6.32. The van der Waals surface area contributed by atoms with Crippen LogP contribution in [0.1, 0.15) is 51.5 Å². The van der Waals surface area contributed by atoms with Crippen LogP contribution in [0.15, 0.2) is 28.2 Å². The Morgan fingerprint density at radius 1 is 1.17 bits per heavy atom. The summed E-state index contributed by atoms with van der Waals surface area (Å²) in [5, 5.41) is 0. The van der Waals surface area contributed by atoms with E-state index in [2.05, 4.69) is 18.0 Å². The number of rotatable bonds is 3. The van der Waals surface area contributed by atoms with Gasteiger partial charge in [0.15, 0.2) is 0 Å². The molecule has 6 heteroatoms. The number of guanidine groups is 2. The van der Waals surface area contributed by atoms with E-state index in [4.69, 9.17) is 21.2 Å². The van der Waals surface area contributed by atoms with Gasteiger partial charge in [0.05, 0.1) is 11.8 Å². The number of hydrogen-bond donors (Lipinski definition) is 2. The summed E-state index contributed by atoms with van der Waals surface area (Å²) in [6.45, 7) is 6.10. The van der Waals surface area contributed by atoms with E-state index in [1.807, 2.05) is 30.9 Å². The predicted molar refractivity (Wildman–Crippen MR) is 98.5 cm³/mol. The Balaban J connectivity index is 2.11. The molecule has 3 rings (SSSR count). The second-order valence-corrected chi connectivity index (χ2v) is 6.96. The van der Waals surface area contributed by atoms with Gasteiger partial charge in [-0.2, -0.15) is 4.99 Å². The summed E-state index contributed by atoms with van der Waals surface area (Å²) in [7, 11) is 0. The minimum atomic E-state index is -0.447. The quantitative estimate of drug-likeness (QED) is 0.892. The number of benzene rings is 1. The molecule has 0 saturated heterocycles. The van der Waals surface area contributed by atoms with Gasteiger partial charge >= 0.3 is 0 Å². The van der Waals surface area contributed by atoms with Crippen LogP contribution in [0.4, 0.5) is 5.69 Å². The highest BCUT2D eigenvalue weighted by Gasteiger charge is 2.43. The van der Waals surface area contributed by atoms with Crippen LogP contribution in [0.5, 0.6) is 5.75 Å². The molecule has 0 radical (unpaired) electrons. The van der Waals surface area contributed by atoms with Crippen molar-refractivity contribution in [1.82, 2.24) is 0 Å². The molecule has 24 heavy (non-hydrogen) atoms. The van der Waals surface area contributed by atoms with Crippen LogP contribution in [0.2, 0.25) is 0 Å². The first-order valence-electron chi connectivity index (χ1n) is 8.68. The lowest BCUT2D eigenvalue weighted by Crippen LogP contribution is -2.58. The summed E-state index contributed by atoms with van der Waals surface area (Å²) >= 11 is 0. The Hall–Kier alpha value is -2.24. The molecule has 130 valence electrons. The van der Waals surface area contributed by atoms with Gasteiger partial charge in [-0.25, -0.2) is 4.99 Å². The standard InChI is InChI=1S/C18H27N5O/c1-12(2)24-15-8-7-13(3)11-14(15)23-17(20)21-16(19)22-18(23)9-5-4-6-10-18/h7-8,11-12H,4-6,9-10H2,1-3H3,(H4,19,20,21,22). The highest BCUT2D eigenvalue weighted by atomic mass is 16.5. The summed E-state index contributed by atoms with van der Waals surface area (Å²) in [4.78, 5) is 11.0. The summed E-state index contributed by atoms with van der Waals surface area (Å²) in [5.74, 6) is 1.46. The van der Waals surface area contributed by atoms with E-state index in [-0.39, 0.29) is 12.1 Å². The van der Waals surface area contributed by atoms with Gasteiger partial charge < -0.3 is 16.2 Å². The van der Waals surface area contributed by atoms with Crippen LogP contribution in [0, 0.1) is 6.92 Å². The Morgan fingerprint density at radius 2 is 1.88 bits per heavy atom. The molecule has 2 aliphatic rings. The molecule has 6 nitrogen and oxygen atoms in total. The predicted octanol–water partition coefficient (Wildman–Crippen LogP) is 2.89. The number of ether oxygens (including phenoxy) is 1. The summed E-state index contributed by atoms with van der Waals surface area (Å²) in [6.07, 6.45) is 5.33. The number of nitrogens with zero attached hydrogens (tertiary/aromatic N) is 3. The second-order valence-electron chi connectivity index (χ2n) is 6.96. The molecule has 0 aromatic heterocycles. The Bertz CT molecular complexity index is 674. The van der Waals surface area contributed by atoms with Crippen molar-refractivity contribution in [3.63, 3.8) is 0 Å². The minimum absolute atomic E-state index is 0.0743. The number of aryl methyl sites for hydroxylation is 1. The summed E-state index contributed by atoms with van der Waals surface area (Å²) in [5.41, 5.74) is 13.9. The molecule has 1 aromatic rings. The van der Waals surface area contributed by atoms with E-state index in [1.165, 1.54) is 6.42 Å². The first-order chi connectivity index (χ1) is 11.4. The average molecular weight is 329 g/mol. The highest BCUT2D eigenvalue weighted by molar-refractivity contribution is 6.06. The molecule has 1 spiro atoms. The van der Waals surface area contributed by atoms with Crippen molar-refractivity contribution in [3.05, 3.63) is 23.8 Å². The first kappa shape index (κ1) is 16.6. The molecule has 1 aromatic carbocycles. The average Bonchev–Trinajstić information content (AvgIpc) is 2.49. The topological polar surface area (TPSA) is 89.2 Å². The van der Waals surface area contributed by atoms with E-state index in [1.54, 1.807) is 0 Å². The van der Waals surface area contributed by atoms with Gasteiger partial charge in [0.25, 0.3) is 0 Å². The van der Waals surface area contributed by atoms with E-state index >= 15 is 0 Å². The maximum Gasteiger partial charge on any atom is 0.220 e. The van der Waals surface area contributed by atoms with Crippen molar-refractivity contribution < 1.29 is 4.74 Å². The fraction of sp³-hybridized carbons (Fsp3) is 0.556. The first-order valence-corrected chi connectivity index (χ1v) is 8.68. The molecule has 4 N–H and O–H groups in total. The van der Waals surface area contributed by atoms with Gasteiger partial charge in [0.1, 0.15) is 11.4 Å². The van der Waals surface area contributed by atoms with Gasteiger partial charge in [-0.1, -0.05) is 12.5 Å². The molecule has 1 fully saturated rings. The second kappa shape index (κ2) is 6.34. The van der Waals surface area contributed by atoms with Gasteiger partial charge in [-0.15, -0.1) is 0 Å². The van der Waals surface area contributed by atoms with Crippen molar-refractivity contribution in [3.8, 4) is 5.75 Å². The Morgan fingerprint density at radius 3 is 2.54 bits per heavy atom. The smallest absolute Gasteiger partial charge is 0.220 e. The Kier molecular flexibility index (Phi) is 4.39. The zero-order chi connectivity index (χ0) is 17.3. The van der Waals surface area contributed by atoms with E-state index in [0.29, 0.717) is 5.96 Å². The molecule has 0 amide bonds. The third-order valence-corrected chi connectivity index (χ3v) is 4.57. The number of anilines is 1. The molecule has 0 unspecified atom stereocenters. The minimum Gasteiger partial charge on any atom is -0.489 e. The molecule has 0 atom stereocenters. The lowest BCUT2D eigenvalue weighted by molar-refractivity contribution is 0.240. The fourth-order valence-corrected chi connectivity index (χ4v) is 3.63. The largest absolute Gasteiger partial charge is 0.489 e. The van der Waals surface area contributed by atoms with Crippen molar-refractivity contribution >= 4 is 17.6 Å². The van der Waals surface area contributed by atoms with Crippen LogP contribution in [-0.2, 0) is 0 Å². The van der Waals surface area contributed by atoms with E-state index in [9.17, 15) is 0 Å². The Labute approximate surface area is 143 Å². The van der Waals surface area contributed by atoms with Crippen LogP contribution < -0.4 is 21.1 Å². The number of hydrogen-bond acceptors (Lipinski definition) is 6. The van der Waals surface area contributed by atoms with Crippen LogP contribution >= 0.6 is 0 Å². The molecule has 1 aliphatic carbocycles. The van der Waals surface area contributed by atoms with E-state index < -0.39 is 5.66 Å². The van der Waals surface area contributed by atoms with Gasteiger partial charge in [0.2, 0.25) is 11.9 Å². The molecule has 0 bridgehead atoms. The third kappa shape index (κ3) is 3.05. The lowest BCUT2D eigenvalue weighted by atomic mass is 9.87. The molecular formula is C18H27N5O. The molecule has 1 saturated carbocycles. The fourth-order valence-electron chi connectivity index (χ4n) is 3.63. The van der Waals surface area contributed by atoms with Crippen molar-refractivity contribution in [2.24, 2.45) is 21.5 Å². The highest BCUT2D eigenvalue weighted by Crippen LogP contribution is 2.43. The van der Waals surface area contributed by atoms with Crippen LogP contribution in [0.25, 0.3) is 0 Å². The zero-order valence-corrected chi connectivity index (χ0v) is 14.7. The van der Waals surface area contributed by atoms with Gasteiger partial charge in [-0.05, 0) is 64.2 Å². The third-order valence-electron chi connectivity index (χ3n) is 4.57. The molecule has 1 heterocycles. The monoisotopic (exact) mass is 329 g/mol. The number of nitrogens with two attached hydrogens (primary N) is 2. The van der Waals surface area contributed by atoms with Gasteiger partial charge in [0, 0.05) is 0 Å². The maximum atomic E-state index is 6.32. The van der Waals surface area contributed by atoms with E-state index in [0.717, 1.165) is 42.7 Å². The van der Waals surface area contributed by atoms with Crippen molar-refractivity contribution in [2.75, 3.05) is 4.90 Å².